The summed E-state index contributed by atoms with van der Waals surface area (Å²) in [7, 11) is 5.53. The minimum Gasteiger partial charge on any atom is -0.497 e. The number of aromatic nitrogens is 2. The molecule has 0 saturated carbocycles. The maximum absolute atomic E-state index is 14.0. The standard InChI is InChI=1S/C32H35N5O3S/c1-22-19-23(2)34-32(33-22)41-21-29(38)37(20-24-11-17-28(40-5)18-12-24)30(25-9-7-6-8-10-25)31(39)35-26-13-15-27(16-14-26)36(3)4/h6-19,30H,20-21H2,1-5H3,(H,35,39). The molecule has 1 heterocycles. The number of nitrogens with zero attached hydrogens (tertiary/aromatic N) is 4. The number of rotatable bonds is 11. The summed E-state index contributed by atoms with van der Waals surface area (Å²) >= 11 is 1.26. The van der Waals surface area contributed by atoms with Crippen LogP contribution >= 0.6 is 11.8 Å². The smallest absolute Gasteiger partial charge is 0.251 e. The number of carbonyl (C=O) groups is 2. The summed E-state index contributed by atoms with van der Waals surface area (Å²) in [4.78, 5) is 40.5. The van der Waals surface area contributed by atoms with Crippen LogP contribution in [0.4, 0.5) is 11.4 Å². The number of methoxy groups -OCH3 is 1. The van der Waals surface area contributed by atoms with Crippen LogP contribution in [0, 0.1) is 13.8 Å². The molecule has 0 spiro atoms. The van der Waals surface area contributed by atoms with Crippen LogP contribution in [0.25, 0.3) is 0 Å². The highest BCUT2D eigenvalue weighted by Crippen LogP contribution is 2.28. The van der Waals surface area contributed by atoms with E-state index in [1.54, 1.807) is 12.0 Å². The Hall–Kier alpha value is -4.37. The molecule has 0 bridgehead atoms. The van der Waals surface area contributed by atoms with Crippen LogP contribution in [0.3, 0.4) is 0 Å². The lowest BCUT2D eigenvalue weighted by Crippen LogP contribution is -2.41. The molecule has 4 aromatic rings. The highest BCUT2D eigenvalue weighted by atomic mass is 32.2. The van der Waals surface area contributed by atoms with Crippen molar-refractivity contribution in [1.82, 2.24) is 14.9 Å². The fourth-order valence-electron chi connectivity index (χ4n) is 4.38. The van der Waals surface area contributed by atoms with Crippen LogP contribution in [-0.4, -0.2) is 53.6 Å². The average Bonchev–Trinajstić information content (AvgIpc) is 2.96. The molecule has 2 amide bonds. The molecule has 1 N–H and O–H groups in total. The van der Waals surface area contributed by atoms with E-state index in [2.05, 4.69) is 15.3 Å². The van der Waals surface area contributed by atoms with Gasteiger partial charge in [-0.15, -0.1) is 0 Å². The van der Waals surface area contributed by atoms with Gasteiger partial charge in [-0.05, 0) is 67.4 Å². The first-order valence-electron chi connectivity index (χ1n) is 13.2. The minimum absolute atomic E-state index is 0.0766. The molecule has 1 atom stereocenters. The summed E-state index contributed by atoms with van der Waals surface area (Å²) in [6.07, 6.45) is 0. The first kappa shape index (κ1) is 29.6. The van der Waals surface area contributed by atoms with Crippen molar-refractivity contribution in [2.45, 2.75) is 31.6 Å². The minimum atomic E-state index is -0.875. The largest absolute Gasteiger partial charge is 0.497 e. The van der Waals surface area contributed by atoms with Gasteiger partial charge in [0.15, 0.2) is 5.16 Å². The zero-order valence-corrected chi connectivity index (χ0v) is 24.8. The van der Waals surface area contributed by atoms with E-state index >= 15 is 0 Å². The summed E-state index contributed by atoms with van der Waals surface area (Å²) in [6.45, 7) is 4.03. The monoisotopic (exact) mass is 569 g/mol. The fraction of sp³-hybridized carbons (Fsp3) is 0.250. The second-order valence-corrected chi connectivity index (χ2v) is 10.8. The quantitative estimate of drug-likeness (QED) is 0.184. The van der Waals surface area contributed by atoms with Gasteiger partial charge in [0, 0.05) is 43.4 Å². The normalized spacial score (nSPS) is 11.4. The lowest BCUT2D eigenvalue weighted by Gasteiger charge is -2.31. The molecule has 0 radical (unpaired) electrons. The molecule has 0 aliphatic rings. The molecule has 0 saturated heterocycles. The molecular weight excluding hydrogens is 534 g/mol. The Balaban J connectivity index is 1.67. The third-order valence-electron chi connectivity index (χ3n) is 6.45. The van der Waals surface area contributed by atoms with Crippen molar-refractivity contribution < 1.29 is 14.3 Å². The third-order valence-corrected chi connectivity index (χ3v) is 7.28. The topological polar surface area (TPSA) is 87.7 Å². The molecule has 8 nitrogen and oxygen atoms in total. The van der Waals surface area contributed by atoms with Crippen LogP contribution in [0.5, 0.6) is 5.75 Å². The van der Waals surface area contributed by atoms with Gasteiger partial charge in [0.25, 0.3) is 5.91 Å². The molecule has 0 fully saturated rings. The van der Waals surface area contributed by atoms with E-state index in [9.17, 15) is 9.59 Å². The molecule has 0 aliphatic carbocycles. The number of thioether (sulfide) groups is 1. The van der Waals surface area contributed by atoms with Gasteiger partial charge < -0.3 is 19.9 Å². The van der Waals surface area contributed by atoms with E-state index in [4.69, 9.17) is 4.74 Å². The van der Waals surface area contributed by atoms with E-state index in [0.717, 1.165) is 22.6 Å². The SMILES string of the molecule is COc1ccc(CN(C(=O)CSc2nc(C)cc(C)n2)C(C(=O)Nc2ccc(N(C)C)cc2)c2ccccc2)cc1. The zero-order chi connectivity index (χ0) is 29.4. The Morgan fingerprint density at radius 1 is 0.902 bits per heavy atom. The molecule has 9 heteroatoms. The number of carbonyl (C=O) groups excluding carboxylic acids is 2. The van der Waals surface area contributed by atoms with E-state index in [1.807, 2.05) is 118 Å². The zero-order valence-electron chi connectivity index (χ0n) is 24.0. The van der Waals surface area contributed by atoms with Crippen molar-refractivity contribution in [2.24, 2.45) is 0 Å². The Morgan fingerprint density at radius 3 is 2.12 bits per heavy atom. The molecular formula is C32H35N5O3S. The fourth-order valence-corrected chi connectivity index (χ4v) is 5.22. The predicted octanol–water partition coefficient (Wildman–Crippen LogP) is 5.67. The number of aryl methyl sites for hydroxylation is 2. The summed E-state index contributed by atoms with van der Waals surface area (Å²) in [5.41, 5.74) is 4.93. The lowest BCUT2D eigenvalue weighted by molar-refractivity contribution is -0.137. The Kier molecular flexibility index (Phi) is 9.97. The van der Waals surface area contributed by atoms with Gasteiger partial charge in [0.2, 0.25) is 5.91 Å². The number of nitrogens with one attached hydrogen (secondary N) is 1. The van der Waals surface area contributed by atoms with Crippen LogP contribution < -0.4 is 15.0 Å². The van der Waals surface area contributed by atoms with Crippen LogP contribution in [0.15, 0.2) is 90.1 Å². The van der Waals surface area contributed by atoms with Gasteiger partial charge in [-0.1, -0.05) is 54.2 Å². The van der Waals surface area contributed by atoms with Crippen molar-refractivity contribution >= 4 is 35.0 Å². The van der Waals surface area contributed by atoms with E-state index < -0.39 is 6.04 Å². The van der Waals surface area contributed by atoms with Gasteiger partial charge in [-0.2, -0.15) is 0 Å². The third kappa shape index (κ3) is 8.08. The van der Waals surface area contributed by atoms with Crippen LogP contribution in [0.1, 0.15) is 28.6 Å². The summed E-state index contributed by atoms with van der Waals surface area (Å²) < 4.78 is 5.31. The predicted molar refractivity (Wildman–Crippen MR) is 164 cm³/mol. The second kappa shape index (κ2) is 13.8. The molecule has 1 aromatic heterocycles. The lowest BCUT2D eigenvalue weighted by atomic mass is 10.0. The summed E-state index contributed by atoms with van der Waals surface area (Å²) in [5.74, 6) is 0.282. The van der Waals surface area contributed by atoms with Crippen molar-refractivity contribution in [3.63, 3.8) is 0 Å². The van der Waals surface area contributed by atoms with Crippen molar-refractivity contribution in [3.8, 4) is 5.75 Å². The van der Waals surface area contributed by atoms with Gasteiger partial charge in [0.05, 0.1) is 12.9 Å². The maximum Gasteiger partial charge on any atom is 0.251 e. The number of hydrogen-bond acceptors (Lipinski definition) is 7. The second-order valence-electron chi connectivity index (χ2n) is 9.84. The molecule has 212 valence electrons. The molecule has 0 aliphatic heterocycles. The Bertz CT molecular complexity index is 1440. The average molecular weight is 570 g/mol. The van der Waals surface area contributed by atoms with Crippen LogP contribution in [0.2, 0.25) is 0 Å². The highest BCUT2D eigenvalue weighted by Gasteiger charge is 2.32. The Labute approximate surface area is 245 Å². The van der Waals surface area contributed by atoms with Crippen molar-refractivity contribution in [1.29, 1.82) is 0 Å². The first-order valence-corrected chi connectivity index (χ1v) is 14.2. The number of ether oxygens (including phenoxy) is 1. The van der Waals surface area contributed by atoms with Crippen molar-refractivity contribution in [2.75, 3.05) is 37.2 Å². The summed E-state index contributed by atoms with van der Waals surface area (Å²) in [5, 5.41) is 3.56. The molecule has 3 aromatic carbocycles. The molecule has 4 rings (SSSR count). The number of amides is 2. The molecule has 1 unspecified atom stereocenters. The maximum atomic E-state index is 14.0. The van der Waals surface area contributed by atoms with Gasteiger partial charge >= 0.3 is 0 Å². The molecule has 41 heavy (non-hydrogen) atoms. The van der Waals surface area contributed by atoms with E-state index in [0.29, 0.717) is 22.2 Å². The van der Waals surface area contributed by atoms with Gasteiger partial charge in [-0.25, -0.2) is 9.97 Å². The number of benzene rings is 3. The van der Waals surface area contributed by atoms with Gasteiger partial charge in [0.1, 0.15) is 11.8 Å². The van der Waals surface area contributed by atoms with Crippen molar-refractivity contribution in [3.05, 3.63) is 107 Å². The van der Waals surface area contributed by atoms with Crippen LogP contribution in [-0.2, 0) is 16.1 Å². The van der Waals surface area contributed by atoms with E-state index in [-0.39, 0.29) is 24.1 Å². The highest BCUT2D eigenvalue weighted by molar-refractivity contribution is 7.99. The first-order chi connectivity index (χ1) is 19.7. The number of anilines is 2. The van der Waals surface area contributed by atoms with Gasteiger partial charge in [-0.3, -0.25) is 9.59 Å². The Morgan fingerprint density at radius 2 is 1.54 bits per heavy atom. The van der Waals surface area contributed by atoms with E-state index in [1.165, 1.54) is 11.8 Å². The number of hydrogen-bond donors (Lipinski definition) is 1. The summed E-state index contributed by atoms with van der Waals surface area (Å²) in [6, 6.07) is 25.5.